The molecule has 0 amide bonds. The molecule has 3 rings (SSSR count). The van der Waals surface area contributed by atoms with E-state index in [1.54, 1.807) is 0 Å². The quantitative estimate of drug-likeness (QED) is 0.570. The fourth-order valence-electron chi connectivity index (χ4n) is 2.68. The number of rotatable bonds is 6. The van der Waals surface area contributed by atoms with Crippen molar-refractivity contribution in [1.82, 2.24) is 0 Å². The molecule has 0 atom stereocenters. The summed E-state index contributed by atoms with van der Waals surface area (Å²) in [5.41, 5.74) is 4.79. The van der Waals surface area contributed by atoms with E-state index in [0.29, 0.717) is 13.2 Å². The van der Waals surface area contributed by atoms with Crippen molar-refractivity contribution in [3.8, 4) is 33.8 Å². The summed E-state index contributed by atoms with van der Waals surface area (Å²) >= 11 is 0. The Hall–Kier alpha value is -2.74. The third kappa shape index (κ3) is 3.77. The van der Waals surface area contributed by atoms with Gasteiger partial charge in [-0.1, -0.05) is 48.5 Å². The largest absolute Gasteiger partial charge is 0.494 e. The summed E-state index contributed by atoms with van der Waals surface area (Å²) in [5.74, 6) is 1.82. The van der Waals surface area contributed by atoms with Crippen LogP contribution in [-0.2, 0) is 0 Å². The fourth-order valence-corrected chi connectivity index (χ4v) is 2.68. The summed E-state index contributed by atoms with van der Waals surface area (Å²) in [5, 5.41) is 0. The minimum atomic E-state index is 0.691. The van der Waals surface area contributed by atoms with Gasteiger partial charge in [0.05, 0.1) is 13.2 Å². The number of hydrogen-bond donors (Lipinski definition) is 0. The molecule has 2 nitrogen and oxygen atoms in total. The Morgan fingerprint density at radius 1 is 0.458 bits per heavy atom. The average Bonchev–Trinajstić information content (AvgIpc) is 2.64. The van der Waals surface area contributed by atoms with Crippen LogP contribution in [0.1, 0.15) is 13.8 Å². The Morgan fingerprint density at radius 3 is 0.958 bits per heavy atom. The van der Waals surface area contributed by atoms with Gasteiger partial charge in [-0.05, 0) is 60.4 Å². The van der Waals surface area contributed by atoms with Gasteiger partial charge in [0.15, 0.2) is 0 Å². The Bertz CT molecular complexity index is 688. The minimum Gasteiger partial charge on any atom is -0.494 e. The molecule has 0 unspecified atom stereocenters. The van der Waals surface area contributed by atoms with E-state index < -0.39 is 0 Å². The highest BCUT2D eigenvalue weighted by molar-refractivity contribution is 5.71. The number of hydrogen-bond acceptors (Lipinski definition) is 2. The van der Waals surface area contributed by atoms with E-state index in [1.165, 1.54) is 22.3 Å². The smallest absolute Gasteiger partial charge is 0.119 e. The minimum absolute atomic E-state index is 0.691. The highest BCUT2D eigenvalue weighted by Crippen LogP contribution is 2.27. The van der Waals surface area contributed by atoms with Gasteiger partial charge >= 0.3 is 0 Å². The van der Waals surface area contributed by atoms with Gasteiger partial charge in [-0.3, -0.25) is 0 Å². The summed E-state index contributed by atoms with van der Waals surface area (Å²) in [4.78, 5) is 0. The molecule has 0 saturated heterocycles. The molecule has 2 heteroatoms. The molecule has 0 bridgehead atoms. The molecule has 0 aromatic heterocycles. The van der Waals surface area contributed by atoms with E-state index in [4.69, 9.17) is 9.47 Å². The van der Waals surface area contributed by atoms with Crippen molar-refractivity contribution < 1.29 is 9.47 Å². The predicted molar refractivity (Wildman–Crippen MR) is 99.7 cm³/mol. The second-order valence-electron chi connectivity index (χ2n) is 5.49. The zero-order chi connectivity index (χ0) is 16.8. The maximum atomic E-state index is 5.49. The lowest BCUT2D eigenvalue weighted by atomic mass is 10.0. The van der Waals surface area contributed by atoms with E-state index in [-0.39, 0.29) is 0 Å². The molecular formula is C22H22O2. The molecule has 0 saturated carbocycles. The lowest BCUT2D eigenvalue weighted by Crippen LogP contribution is -1.91. The van der Waals surface area contributed by atoms with E-state index >= 15 is 0 Å². The van der Waals surface area contributed by atoms with Crippen molar-refractivity contribution >= 4 is 0 Å². The van der Waals surface area contributed by atoms with Gasteiger partial charge in [0.25, 0.3) is 0 Å². The highest BCUT2D eigenvalue weighted by Gasteiger charge is 2.02. The van der Waals surface area contributed by atoms with Crippen LogP contribution in [0.2, 0.25) is 0 Å². The lowest BCUT2D eigenvalue weighted by molar-refractivity contribution is 0.340. The standard InChI is InChI=1S/C22H22O2/c1-3-23-21-13-9-19(10-14-21)17-5-7-18(8-6-17)20-11-15-22(16-12-20)24-4-2/h5-16H,3-4H2,1-2H3. The monoisotopic (exact) mass is 318 g/mol. The molecule has 122 valence electrons. The molecule has 3 aromatic carbocycles. The van der Waals surface area contributed by atoms with Crippen LogP contribution in [0.4, 0.5) is 0 Å². The molecular weight excluding hydrogens is 296 g/mol. The van der Waals surface area contributed by atoms with Crippen LogP contribution in [0.5, 0.6) is 11.5 Å². The Balaban J connectivity index is 1.77. The van der Waals surface area contributed by atoms with Crippen LogP contribution in [0, 0.1) is 0 Å². The second kappa shape index (κ2) is 7.69. The van der Waals surface area contributed by atoms with E-state index in [2.05, 4.69) is 48.5 Å². The topological polar surface area (TPSA) is 18.5 Å². The third-order valence-electron chi connectivity index (χ3n) is 3.88. The van der Waals surface area contributed by atoms with Crippen LogP contribution >= 0.6 is 0 Å². The van der Waals surface area contributed by atoms with Crippen molar-refractivity contribution in [2.75, 3.05) is 13.2 Å². The molecule has 0 radical (unpaired) electrons. The lowest BCUT2D eigenvalue weighted by Gasteiger charge is -2.08. The van der Waals surface area contributed by atoms with Crippen LogP contribution in [-0.4, -0.2) is 13.2 Å². The molecule has 0 N–H and O–H groups in total. The Morgan fingerprint density at radius 2 is 0.708 bits per heavy atom. The van der Waals surface area contributed by atoms with E-state index in [9.17, 15) is 0 Å². The summed E-state index contributed by atoms with van der Waals surface area (Å²) in [6.07, 6.45) is 0. The highest BCUT2D eigenvalue weighted by atomic mass is 16.5. The average molecular weight is 318 g/mol. The maximum absolute atomic E-state index is 5.49. The van der Waals surface area contributed by atoms with Crippen molar-refractivity contribution in [1.29, 1.82) is 0 Å². The first-order chi connectivity index (χ1) is 11.8. The third-order valence-corrected chi connectivity index (χ3v) is 3.88. The van der Waals surface area contributed by atoms with Crippen LogP contribution in [0.3, 0.4) is 0 Å². The van der Waals surface area contributed by atoms with Crippen LogP contribution in [0.15, 0.2) is 72.8 Å². The molecule has 0 heterocycles. The SMILES string of the molecule is CCOc1ccc(-c2ccc(-c3ccc(OCC)cc3)cc2)cc1. The normalized spacial score (nSPS) is 10.4. The Labute approximate surface area is 143 Å². The first-order valence-corrected chi connectivity index (χ1v) is 8.36. The van der Waals surface area contributed by atoms with Gasteiger partial charge in [-0.2, -0.15) is 0 Å². The molecule has 0 aliphatic carbocycles. The van der Waals surface area contributed by atoms with Gasteiger partial charge in [0.1, 0.15) is 11.5 Å². The van der Waals surface area contributed by atoms with Gasteiger partial charge in [-0.15, -0.1) is 0 Å². The Kier molecular flexibility index (Phi) is 5.17. The summed E-state index contributed by atoms with van der Waals surface area (Å²) < 4.78 is 11.0. The maximum Gasteiger partial charge on any atom is 0.119 e. The van der Waals surface area contributed by atoms with Gasteiger partial charge in [-0.25, -0.2) is 0 Å². The first-order valence-electron chi connectivity index (χ1n) is 8.36. The predicted octanol–water partition coefficient (Wildman–Crippen LogP) is 5.82. The first kappa shape index (κ1) is 16.1. The van der Waals surface area contributed by atoms with Crippen molar-refractivity contribution in [2.24, 2.45) is 0 Å². The van der Waals surface area contributed by atoms with Crippen molar-refractivity contribution in [3.63, 3.8) is 0 Å². The molecule has 0 aliphatic rings. The number of benzene rings is 3. The van der Waals surface area contributed by atoms with E-state index in [0.717, 1.165) is 11.5 Å². The molecule has 3 aromatic rings. The second-order valence-corrected chi connectivity index (χ2v) is 5.49. The fraction of sp³-hybridized carbons (Fsp3) is 0.182. The molecule has 0 aliphatic heterocycles. The molecule has 0 fully saturated rings. The van der Waals surface area contributed by atoms with Crippen LogP contribution in [0.25, 0.3) is 22.3 Å². The summed E-state index contributed by atoms with van der Waals surface area (Å²) in [6.45, 7) is 5.37. The van der Waals surface area contributed by atoms with Crippen LogP contribution < -0.4 is 9.47 Å². The zero-order valence-corrected chi connectivity index (χ0v) is 14.2. The summed E-state index contributed by atoms with van der Waals surface area (Å²) in [7, 11) is 0. The van der Waals surface area contributed by atoms with Gasteiger partial charge < -0.3 is 9.47 Å². The molecule has 24 heavy (non-hydrogen) atoms. The van der Waals surface area contributed by atoms with Crippen molar-refractivity contribution in [3.05, 3.63) is 72.8 Å². The zero-order valence-electron chi connectivity index (χ0n) is 14.2. The molecule has 0 spiro atoms. The summed E-state index contributed by atoms with van der Waals surface area (Å²) in [6, 6.07) is 25.0. The number of ether oxygens (including phenoxy) is 2. The van der Waals surface area contributed by atoms with Crippen molar-refractivity contribution in [2.45, 2.75) is 13.8 Å². The van der Waals surface area contributed by atoms with E-state index in [1.807, 2.05) is 38.1 Å². The van der Waals surface area contributed by atoms with Gasteiger partial charge in [0, 0.05) is 0 Å². The van der Waals surface area contributed by atoms with Gasteiger partial charge in [0.2, 0.25) is 0 Å².